The quantitative estimate of drug-likeness (QED) is 0.273. The number of hydrogen-bond donors (Lipinski definition) is 0. The van der Waals surface area contributed by atoms with Gasteiger partial charge in [0.25, 0.3) is 0 Å². The van der Waals surface area contributed by atoms with Gasteiger partial charge in [-0.25, -0.2) is 4.39 Å². The maximum atomic E-state index is 14.5. The van der Waals surface area contributed by atoms with E-state index in [1.54, 1.807) is 13.8 Å². The maximum absolute atomic E-state index is 14.5. The minimum absolute atomic E-state index is 0.111. The van der Waals surface area contributed by atoms with Crippen molar-refractivity contribution in [3.63, 3.8) is 0 Å². The van der Waals surface area contributed by atoms with E-state index in [9.17, 15) is 4.39 Å². The third-order valence-corrected chi connectivity index (χ3v) is 7.85. The summed E-state index contributed by atoms with van der Waals surface area (Å²) in [5, 5.41) is 0. The van der Waals surface area contributed by atoms with Gasteiger partial charge in [-0.1, -0.05) is 94.4 Å². The molecule has 0 aliphatic rings. The highest BCUT2D eigenvalue weighted by Crippen LogP contribution is 2.42. The molecule has 0 radical (unpaired) electrons. The zero-order valence-electron chi connectivity index (χ0n) is 21.5. The molecule has 0 bridgehead atoms. The van der Waals surface area contributed by atoms with E-state index in [2.05, 4.69) is 62.3 Å². The highest BCUT2D eigenvalue weighted by molar-refractivity contribution is 4.84. The first-order valence-corrected chi connectivity index (χ1v) is 12.4. The molecule has 0 nitrogen and oxygen atoms in total. The number of unbranched alkanes of at least 4 members (excludes halogenated alkanes) is 1. The number of rotatable bonds is 14. The lowest BCUT2D eigenvalue weighted by molar-refractivity contribution is 0.0711. The first-order valence-electron chi connectivity index (χ1n) is 12.4. The minimum Gasteiger partial charge on any atom is -0.244 e. The summed E-state index contributed by atoms with van der Waals surface area (Å²) in [4.78, 5) is 0. The van der Waals surface area contributed by atoms with Gasteiger partial charge in [-0.05, 0) is 74.0 Å². The fourth-order valence-corrected chi connectivity index (χ4v) is 4.76. The van der Waals surface area contributed by atoms with Gasteiger partial charge in [0.15, 0.2) is 0 Å². The van der Waals surface area contributed by atoms with Crippen LogP contribution >= 0.6 is 0 Å². The Labute approximate surface area is 178 Å². The third-order valence-electron chi connectivity index (χ3n) is 7.85. The number of halogens is 1. The first kappa shape index (κ1) is 27.9. The SMILES string of the molecule is CCCCC(CCC)CC(C)C(C)C(C)CC(CC(C)C(C)(C)F)C(C)(C)C. The van der Waals surface area contributed by atoms with Crippen LogP contribution in [-0.2, 0) is 0 Å². The van der Waals surface area contributed by atoms with Crippen LogP contribution in [0, 0.1) is 40.9 Å². The molecule has 0 saturated carbocycles. The number of hydrogen-bond acceptors (Lipinski definition) is 0. The zero-order valence-corrected chi connectivity index (χ0v) is 21.5. The van der Waals surface area contributed by atoms with Crippen LogP contribution in [0.15, 0.2) is 0 Å². The van der Waals surface area contributed by atoms with E-state index in [0.29, 0.717) is 11.8 Å². The molecule has 0 rings (SSSR count). The predicted octanol–water partition coefficient (Wildman–Crippen LogP) is 9.72. The summed E-state index contributed by atoms with van der Waals surface area (Å²) in [7, 11) is 0. The molecule has 28 heavy (non-hydrogen) atoms. The summed E-state index contributed by atoms with van der Waals surface area (Å²) in [6.45, 7) is 24.7. The highest BCUT2D eigenvalue weighted by Gasteiger charge is 2.34. The maximum Gasteiger partial charge on any atom is 0.108 e. The van der Waals surface area contributed by atoms with Crippen molar-refractivity contribution in [3.05, 3.63) is 0 Å². The second-order valence-corrected chi connectivity index (χ2v) is 11.8. The van der Waals surface area contributed by atoms with Crippen molar-refractivity contribution in [1.82, 2.24) is 0 Å². The molecule has 0 heterocycles. The monoisotopic (exact) mass is 398 g/mol. The van der Waals surface area contributed by atoms with Crippen molar-refractivity contribution in [2.75, 3.05) is 0 Å². The second-order valence-electron chi connectivity index (χ2n) is 11.8. The Bertz CT molecular complexity index is 386. The summed E-state index contributed by atoms with van der Waals surface area (Å²) < 4.78 is 14.5. The molecule has 1 heteroatoms. The van der Waals surface area contributed by atoms with E-state index in [4.69, 9.17) is 0 Å². The molecule has 6 unspecified atom stereocenters. The van der Waals surface area contributed by atoms with E-state index in [1.807, 2.05) is 0 Å². The molecule has 0 saturated heterocycles. The first-order chi connectivity index (χ1) is 12.7. The average molecular weight is 399 g/mol. The predicted molar refractivity (Wildman–Crippen MR) is 127 cm³/mol. The lowest BCUT2D eigenvalue weighted by Crippen LogP contribution is -2.32. The Hall–Kier alpha value is -0.0700. The molecule has 0 aliphatic heterocycles. The van der Waals surface area contributed by atoms with Crippen LogP contribution in [0.1, 0.15) is 128 Å². The van der Waals surface area contributed by atoms with Crippen LogP contribution < -0.4 is 0 Å². The Morgan fingerprint density at radius 2 is 1.25 bits per heavy atom. The van der Waals surface area contributed by atoms with Gasteiger partial charge in [-0.15, -0.1) is 0 Å². The van der Waals surface area contributed by atoms with Gasteiger partial charge in [-0.2, -0.15) is 0 Å². The van der Waals surface area contributed by atoms with Crippen molar-refractivity contribution in [2.45, 2.75) is 133 Å². The van der Waals surface area contributed by atoms with E-state index < -0.39 is 5.67 Å². The van der Waals surface area contributed by atoms with Crippen LogP contribution in [-0.4, -0.2) is 5.67 Å². The second kappa shape index (κ2) is 12.6. The van der Waals surface area contributed by atoms with Gasteiger partial charge in [0.2, 0.25) is 0 Å². The van der Waals surface area contributed by atoms with E-state index in [-0.39, 0.29) is 11.3 Å². The van der Waals surface area contributed by atoms with Crippen LogP contribution in [0.25, 0.3) is 0 Å². The summed E-state index contributed by atoms with van der Waals surface area (Å²) in [5.74, 6) is 3.80. The van der Waals surface area contributed by atoms with Gasteiger partial charge in [-0.3, -0.25) is 0 Å². The van der Waals surface area contributed by atoms with E-state index in [0.717, 1.165) is 24.2 Å². The van der Waals surface area contributed by atoms with Crippen LogP contribution in [0.4, 0.5) is 4.39 Å². The Kier molecular flexibility index (Phi) is 12.6. The normalized spacial score (nSPS) is 19.7. The lowest BCUT2D eigenvalue weighted by Gasteiger charge is -2.39. The molecule has 0 aromatic carbocycles. The highest BCUT2D eigenvalue weighted by atomic mass is 19.1. The molecule has 0 spiro atoms. The van der Waals surface area contributed by atoms with E-state index >= 15 is 0 Å². The number of alkyl halides is 1. The van der Waals surface area contributed by atoms with Crippen molar-refractivity contribution < 1.29 is 4.39 Å². The van der Waals surface area contributed by atoms with E-state index in [1.165, 1.54) is 44.9 Å². The third kappa shape index (κ3) is 10.6. The summed E-state index contributed by atoms with van der Waals surface area (Å²) in [6, 6.07) is 0. The fraction of sp³-hybridized carbons (Fsp3) is 1.00. The van der Waals surface area contributed by atoms with Gasteiger partial charge in [0.1, 0.15) is 5.67 Å². The zero-order chi connectivity index (χ0) is 22.1. The van der Waals surface area contributed by atoms with Gasteiger partial charge < -0.3 is 0 Å². The van der Waals surface area contributed by atoms with Crippen molar-refractivity contribution in [2.24, 2.45) is 40.9 Å². The molecular weight excluding hydrogens is 343 g/mol. The standard InChI is InChI=1S/C27H55F/c1-12-14-16-24(15-13-2)17-20(3)23(6)21(4)18-25(26(7,8)9)19-22(5)27(10,11)28/h20-25H,12-19H2,1-11H3. The Morgan fingerprint density at radius 3 is 1.68 bits per heavy atom. The topological polar surface area (TPSA) is 0 Å². The molecule has 6 atom stereocenters. The minimum atomic E-state index is -1.09. The Morgan fingerprint density at radius 1 is 0.714 bits per heavy atom. The largest absolute Gasteiger partial charge is 0.244 e. The van der Waals surface area contributed by atoms with Gasteiger partial charge in [0.05, 0.1) is 0 Å². The summed E-state index contributed by atoms with van der Waals surface area (Å²) in [5.41, 5.74) is -0.846. The van der Waals surface area contributed by atoms with Crippen molar-refractivity contribution in [1.29, 1.82) is 0 Å². The van der Waals surface area contributed by atoms with Crippen LogP contribution in [0.3, 0.4) is 0 Å². The summed E-state index contributed by atoms with van der Waals surface area (Å²) in [6.07, 6.45) is 10.4. The molecule has 0 N–H and O–H groups in total. The smallest absolute Gasteiger partial charge is 0.108 e. The average Bonchev–Trinajstić information content (AvgIpc) is 2.56. The molecular formula is C27H55F. The van der Waals surface area contributed by atoms with Crippen molar-refractivity contribution >= 4 is 0 Å². The molecule has 0 fully saturated rings. The van der Waals surface area contributed by atoms with Gasteiger partial charge in [0, 0.05) is 0 Å². The van der Waals surface area contributed by atoms with Crippen molar-refractivity contribution in [3.8, 4) is 0 Å². The summed E-state index contributed by atoms with van der Waals surface area (Å²) >= 11 is 0. The molecule has 0 aromatic rings. The van der Waals surface area contributed by atoms with Gasteiger partial charge >= 0.3 is 0 Å². The molecule has 0 aromatic heterocycles. The molecule has 170 valence electrons. The van der Waals surface area contributed by atoms with Crippen LogP contribution in [0.5, 0.6) is 0 Å². The fourth-order valence-electron chi connectivity index (χ4n) is 4.76. The molecule has 0 amide bonds. The Balaban J connectivity index is 4.96. The van der Waals surface area contributed by atoms with Crippen LogP contribution in [0.2, 0.25) is 0 Å². The lowest BCUT2D eigenvalue weighted by atomic mass is 9.67. The molecule has 0 aliphatic carbocycles.